The van der Waals surface area contributed by atoms with Crippen molar-refractivity contribution in [2.24, 2.45) is 0 Å². The molecule has 1 aliphatic rings. The number of nitrogens with zero attached hydrogens (tertiary/aromatic N) is 4. The van der Waals surface area contributed by atoms with E-state index in [1.807, 2.05) is 20.2 Å². The van der Waals surface area contributed by atoms with E-state index in [1.54, 1.807) is 18.2 Å². The predicted octanol–water partition coefficient (Wildman–Crippen LogP) is 4.41. The number of alkyl halides is 3. The third-order valence-corrected chi connectivity index (χ3v) is 5.62. The van der Waals surface area contributed by atoms with Crippen LogP contribution in [0.1, 0.15) is 30.4 Å². The number of halogens is 3. The number of nitrogens with one attached hydrogen (secondary N) is 2. The highest BCUT2D eigenvalue weighted by atomic mass is 19.4. The Kier molecular flexibility index (Phi) is 5.12. The van der Waals surface area contributed by atoms with Crippen LogP contribution in [-0.2, 0) is 6.18 Å². The molecule has 2 atom stereocenters. The van der Waals surface area contributed by atoms with E-state index in [0.717, 1.165) is 25.5 Å². The van der Waals surface area contributed by atoms with Crippen molar-refractivity contribution in [2.75, 3.05) is 19.4 Å². The summed E-state index contributed by atoms with van der Waals surface area (Å²) in [6, 6.07) is 7.19. The maximum Gasteiger partial charge on any atom is 0.419 e. The Hall–Kier alpha value is -3.12. The first-order chi connectivity index (χ1) is 14.3. The second-order valence-corrected chi connectivity index (χ2v) is 7.74. The van der Waals surface area contributed by atoms with Crippen molar-refractivity contribution in [3.63, 3.8) is 0 Å². The Balaban J connectivity index is 1.78. The average molecular weight is 414 g/mol. The summed E-state index contributed by atoms with van der Waals surface area (Å²) >= 11 is 0. The first-order valence-electron chi connectivity index (χ1n) is 9.66. The minimum absolute atomic E-state index is 0.0748. The molecular weight excluding hydrogens is 393 g/mol. The molecule has 0 amide bonds. The number of fused-ring (bicyclic) bond motifs is 1. The molecule has 1 aliphatic carbocycles. The third kappa shape index (κ3) is 3.71. The molecule has 1 aromatic carbocycles. The zero-order valence-electron chi connectivity index (χ0n) is 16.6. The van der Waals surface area contributed by atoms with Crippen LogP contribution >= 0.6 is 0 Å². The Morgan fingerprint density at radius 2 is 2.07 bits per heavy atom. The van der Waals surface area contributed by atoms with Crippen LogP contribution in [0.5, 0.6) is 0 Å². The molecule has 30 heavy (non-hydrogen) atoms. The summed E-state index contributed by atoms with van der Waals surface area (Å²) < 4.78 is 41.1. The summed E-state index contributed by atoms with van der Waals surface area (Å²) in [5.74, 6) is 0.180. The predicted molar refractivity (Wildman–Crippen MR) is 108 cm³/mol. The Morgan fingerprint density at radius 3 is 2.77 bits per heavy atom. The number of hydrogen-bond acceptors (Lipinski definition) is 5. The van der Waals surface area contributed by atoms with Gasteiger partial charge in [-0.3, -0.25) is 0 Å². The smallest absolute Gasteiger partial charge is 0.360 e. The largest absolute Gasteiger partial charge is 0.419 e. The Bertz CT molecular complexity index is 1110. The Labute approximate surface area is 171 Å². The van der Waals surface area contributed by atoms with Gasteiger partial charge in [0, 0.05) is 40.9 Å². The molecule has 4 rings (SSSR count). The highest BCUT2D eigenvalue weighted by Gasteiger charge is 2.36. The lowest BCUT2D eigenvalue weighted by molar-refractivity contribution is -0.137. The van der Waals surface area contributed by atoms with Crippen molar-refractivity contribution < 1.29 is 13.2 Å². The van der Waals surface area contributed by atoms with Gasteiger partial charge in [0.25, 0.3) is 0 Å². The summed E-state index contributed by atoms with van der Waals surface area (Å²) in [4.78, 5) is 13.3. The fourth-order valence-corrected chi connectivity index (χ4v) is 4.15. The minimum Gasteiger partial charge on any atom is -0.360 e. The molecule has 0 bridgehead atoms. The lowest BCUT2D eigenvalue weighted by atomic mass is 10.0. The zero-order valence-corrected chi connectivity index (χ0v) is 16.6. The molecule has 3 aromatic rings. The number of aromatic amines is 1. The van der Waals surface area contributed by atoms with Gasteiger partial charge < -0.3 is 15.2 Å². The van der Waals surface area contributed by atoms with E-state index >= 15 is 0 Å². The van der Waals surface area contributed by atoms with Gasteiger partial charge in [-0.25, -0.2) is 9.97 Å². The zero-order chi connectivity index (χ0) is 21.5. The van der Waals surface area contributed by atoms with E-state index in [1.165, 1.54) is 6.20 Å². The first kappa shape index (κ1) is 20.2. The minimum atomic E-state index is -4.59. The highest BCUT2D eigenvalue weighted by molar-refractivity contribution is 5.96. The van der Waals surface area contributed by atoms with Gasteiger partial charge >= 0.3 is 6.18 Å². The normalized spacial score (nSPS) is 19.4. The van der Waals surface area contributed by atoms with E-state index in [9.17, 15) is 13.2 Å². The molecule has 156 valence electrons. The van der Waals surface area contributed by atoms with Crippen molar-refractivity contribution in [3.8, 4) is 17.3 Å². The SMILES string of the molecule is CN(C)[C@H]1CCC[C@@H]1Nc1ncc(C(F)(F)F)c(-c2c[nH]c3cc(C#N)ccc23)n1. The number of aromatic nitrogens is 3. The van der Waals surface area contributed by atoms with E-state index in [2.05, 4.69) is 25.2 Å². The molecule has 0 aliphatic heterocycles. The van der Waals surface area contributed by atoms with E-state index < -0.39 is 11.7 Å². The first-order valence-corrected chi connectivity index (χ1v) is 9.66. The number of H-pyrrole nitrogens is 1. The molecule has 0 spiro atoms. The van der Waals surface area contributed by atoms with Crippen LogP contribution in [0.15, 0.2) is 30.6 Å². The van der Waals surface area contributed by atoms with Gasteiger partial charge in [0.2, 0.25) is 5.95 Å². The summed E-state index contributed by atoms with van der Waals surface area (Å²) in [5.41, 5.74) is 0.244. The van der Waals surface area contributed by atoms with Crippen molar-refractivity contribution in [1.82, 2.24) is 19.9 Å². The molecule has 0 saturated heterocycles. The number of likely N-dealkylation sites (N-methyl/N-ethyl adjacent to an activating group) is 1. The lowest BCUT2D eigenvalue weighted by Gasteiger charge is -2.27. The summed E-state index contributed by atoms with van der Waals surface area (Å²) in [6.45, 7) is 0. The average Bonchev–Trinajstić information content (AvgIpc) is 3.33. The van der Waals surface area contributed by atoms with Gasteiger partial charge in [-0.2, -0.15) is 18.4 Å². The van der Waals surface area contributed by atoms with Crippen LogP contribution in [0.3, 0.4) is 0 Å². The van der Waals surface area contributed by atoms with E-state index in [-0.39, 0.29) is 23.7 Å². The fraction of sp³-hybridized carbons (Fsp3) is 0.381. The molecule has 2 heterocycles. The second-order valence-electron chi connectivity index (χ2n) is 7.74. The maximum atomic E-state index is 13.7. The molecule has 1 saturated carbocycles. The van der Waals surface area contributed by atoms with Gasteiger partial charge in [-0.1, -0.05) is 6.07 Å². The number of rotatable bonds is 4. The quantitative estimate of drug-likeness (QED) is 0.661. The molecular formula is C21H21F3N6. The van der Waals surface area contributed by atoms with E-state index in [4.69, 9.17) is 5.26 Å². The fourth-order valence-electron chi connectivity index (χ4n) is 4.15. The molecule has 6 nitrogen and oxygen atoms in total. The number of anilines is 1. The van der Waals surface area contributed by atoms with Crippen molar-refractivity contribution >= 4 is 16.9 Å². The number of hydrogen-bond donors (Lipinski definition) is 2. The maximum absolute atomic E-state index is 13.7. The van der Waals surface area contributed by atoms with Gasteiger partial charge in [-0.15, -0.1) is 0 Å². The molecule has 9 heteroatoms. The van der Waals surface area contributed by atoms with Crippen LogP contribution in [0.2, 0.25) is 0 Å². The summed E-state index contributed by atoms with van der Waals surface area (Å²) in [5, 5.41) is 12.9. The van der Waals surface area contributed by atoms with Crippen LogP contribution in [0, 0.1) is 11.3 Å². The monoisotopic (exact) mass is 414 g/mol. The van der Waals surface area contributed by atoms with Gasteiger partial charge in [0.1, 0.15) is 5.56 Å². The topological polar surface area (TPSA) is 80.6 Å². The van der Waals surface area contributed by atoms with E-state index in [0.29, 0.717) is 22.0 Å². The summed E-state index contributed by atoms with van der Waals surface area (Å²) in [7, 11) is 3.98. The van der Waals surface area contributed by atoms with Crippen molar-refractivity contribution in [1.29, 1.82) is 5.26 Å². The molecule has 1 fully saturated rings. The second kappa shape index (κ2) is 7.61. The Morgan fingerprint density at radius 1 is 1.27 bits per heavy atom. The molecule has 2 aromatic heterocycles. The van der Waals surface area contributed by atoms with Crippen molar-refractivity contribution in [3.05, 3.63) is 41.7 Å². The van der Waals surface area contributed by atoms with Gasteiger partial charge in [0.15, 0.2) is 0 Å². The van der Waals surface area contributed by atoms with Gasteiger partial charge in [0.05, 0.1) is 17.3 Å². The molecule has 0 radical (unpaired) electrons. The van der Waals surface area contributed by atoms with Crippen LogP contribution < -0.4 is 5.32 Å². The number of nitriles is 1. The highest BCUT2D eigenvalue weighted by Crippen LogP contribution is 2.39. The van der Waals surface area contributed by atoms with Crippen LogP contribution in [0.25, 0.3) is 22.2 Å². The van der Waals surface area contributed by atoms with Gasteiger partial charge in [-0.05, 0) is 45.5 Å². The number of benzene rings is 1. The molecule has 0 unspecified atom stereocenters. The standard InChI is InChI=1S/C21H21F3N6/c1-30(2)18-5-3-4-16(18)28-20-27-11-15(21(22,23)24)19(29-20)14-10-26-17-8-12(9-25)6-7-13(14)17/h6-8,10-11,16,18,26H,3-5H2,1-2H3,(H,27,28,29)/t16-,18-/m0/s1. The van der Waals surface area contributed by atoms with Crippen molar-refractivity contribution in [2.45, 2.75) is 37.5 Å². The molecule has 2 N–H and O–H groups in total. The summed E-state index contributed by atoms with van der Waals surface area (Å²) in [6.07, 6.45) is 0.702. The van der Waals surface area contributed by atoms with Crippen LogP contribution in [-0.4, -0.2) is 46.0 Å². The third-order valence-electron chi connectivity index (χ3n) is 5.62. The lowest BCUT2D eigenvalue weighted by Crippen LogP contribution is -2.39. The van der Waals surface area contributed by atoms with Crippen LogP contribution in [0.4, 0.5) is 19.1 Å².